The van der Waals surface area contributed by atoms with Crippen LogP contribution in [0.1, 0.15) is 30.5 Å². The normalized spacial score (nSPS) is 17.9. The number of nitrogens with two attached hydrogens (primary N) is 1. The summed E-state index contributed by atoms with van der Waals surface area (Å²) in [5, 5.41) is 33.9. The van der Waals surface area contributed by atoms with E-state index in [-0.39, 0.29) is 0 Å². The molecule has 0 saturated carbocycles. The molecule has 3 atom stereocenters. The summed E-state index contributed by atoms with van der Waals surface area (Å²) in [5.41, 5.74) is 10.0. The Kier molecular flexibility index (Phi) is 6.36. The van der Waals surface area contributed by atoms with Crippen LogP contribution in [0, 0.1) is 0 Å². The van der Waals surface area contributed by atoms with Crippen molar-refractivity contribution < 1.29 is 30.0 Å². The molecular weight excluding hydrogens is 340 g/mol. The Hall–Kier alpha value is -2.42. The van der Waals surface area contributed by atoms with Gasteiger partial charge in [0.05, 0.1) is 5.52 Å². The number of aromatic nitrogens is 1. The number of hydrogen-bond donors (Lipinski definition) is 5. The van der Waals surface area contributed by atoms with Crippen molar-refractivity contribution in [2.45, 2.75) is 44.4 Å². The van der Waals surface area contributed by atoms with E-state index in [4.69, 9.17) is 26.2 Å². The van der Waals surface area contributed by atoms with Crippen molar-refractivity contribution in [2.75, 3.05) is 6.54 Å². The molecule has 1 aliphatic rings. The number of aliphatic carboxylic acids is 2. The minimum absolute atomic E-state index is 0.629. The first-order valence-electron chi connectivity index (χ1n) is 8.41. The molecule has 2 aromatic rings. The molecule has 26 heavy (non-hydrogen) atoms. The third-order valence-corrected chi connectivity index (χ3v) is 4.54. The standard InChI is InChI=1S/C14H18N2.C4H6O6/c1-10-5-6-11-3-2-4-13-12(7-8-15)9-16(10)14(11)13;5-1(3(7)8)2(6)4(9)10/h2-4,9-10H,5-8,15H2,1H3;1-2,5-6H,(H,7,8)(H,9,10). The monoisotopic (exact) mass is 364 g/mol. The Morgan fingerprint density at radius 2 is 1.85 bits per heavy atom. The first-order chi connectivity index (χ1) is 12.3. The molecule has 142 valence electrons. The molecule has 0 spiro atoms. The molecule has 0 bridgehead atoms. The summed E-state index contributed by atoms with van der Waals surface area (Å²) in [7, 11) is 0. The van der Waals surface area contributed by atoms with Gasteiger partial charge in [-0.1, -0.05) is 18.2 Å². The maximum atomic E-state index is 9.77. The number of nitrogens with zero attached hydrogens (tertiary/aromatic N) is 1. The topological polar surface area (TPSA) is 146 Å². The van der Waals surface area contributed by atoms with E-state index in [0.29, 0.717) is 6.04 Å². The molecule has 8 heteroatoms. The van der Waals surface area contributed by atoms with Crippen molar-refractivity contribution >= 4 is 22.8 Å². The Morgan fingerprint density at radius 1 is 1.23 bits per heavy atom. The van der Waals surface area contributed by atoms with Gasteiger partial charge in [-0.2, -0.15) is 0 Å². The fraction of sp³-hybridized carbons (Fsp3) is 0.444. The van der Waals surface area contributed by atoms with Gasteiger partial charge >= 0.3 is 11.9 Å². The zero-order valence-corrected chi connectivity index (χ0v) is 14.5. The lowest BCUT2D eigenvalue weighted by molar-refractivity contribution is -0.165. The first-order valence-corrected chi connectivity index (χ1v) is 8.41. The van der Waals surface area contributed by atoms with Crippen LogP contribution in [0.5, 0.6) is 0 Å². The van der Waals surface area contributed by atoms with Gasteiger partial charge in [-0.05, 0) is 43.9 Å². The lowest BCUT2D eigenvalue weighted by Gasteiger charge is -2.22. The van der Waals surface area contributed by atoms with Crippen molar-refractivity contribution in [1.82, 2.24) is 4.57 Å². The van der Waals surface area contributed by atoms with E-state index in [9.17, 15) is 9.59 Å². The van der Waals surface area contributed by atoms with Gasteiger partial charge in [0.15, 0.2) is 12.2 Å². The van der Waals surface area contributed by atoms with Crippen molar-refractivity contribution in [2.24, 2.45) is 5.73 Å². The van der Waals surface area contributed by atoms with Crippen molar-refractivity contribution in [3.8, 4) is 0 Å². The quantitative estimate of drug-likeness (QED) is 0.520. The summed E-state index contributed by atoms with van der Waals surface area (Å²) < 4.78 is 2.44. The number of carboxylic acids is 2. The van der Waals surface area contributed by atoms with E-state index in [1.165, 1.54) is 34.9 Å². The Bertz CT molecular complexity index is 782. The third kappa shape index (κ3) is 4.04. The molecule has 1 aliphatic heterocycles. The minimum atomic E-state index is -2.27. The Morgan fingerprint density at radius 3 is 2.38 bits per heavy atom. The number of hydrogen-bond acceptors (Lipinski definition) is 5. The molecule has 3 rings (SSSR count). The number of aryl methyl sites for hydroxylation is 1. The van der Waals surface area contributed by atoms with Gasteiger partial charge < -0.3 is 30.7 Å². The summed E-state index contributed by atoms with van der Waals surface area (Å²) in [6.07, 6.45) is 1.23. The second kappa shape index (κ2) is 8.31. The van der Waals surface area contributed by atoms with Crippen LogP contribution >= 0.6 is 0 Å². The fourth-order valence-corrected chi connectivity index (χ4v) is 3.14. The van der Waals surface area contributed by atoms with Crippen LogP contribution in [-0.4, -0.2) is 55.7 Å². The highest BCUT2D eigenvalue weighted by molar-refractivity contribution is 5.87. The van der Waals surface area contributed by atoms with Crippen LogP contribution in [0.3, 0.4) is 0 Å². The maximum Gasteiger partial charge on any atom is 0.335 e. The van der Waals surface area contributed by atoms with Crippen LogP contribution in [0.25, 0.3) is 10.9 Å². The summed E-state index contributed by atoms with van der Waals surface area (Å²) in [5.74, 6) is -3.54. The van der Waals surface area contributed by atoms with E-state index < -0.39 is 24.1 Å². The van der Waals surface area contributed by atoms with Crippen LogP contribution in [0.15, 0.2) is 24.4 Å². The molecule has 8 nitrogen and oxygen atoms in total. The molecule has 0 radical (unpaired) electrons. The third-order valence-electron chi connectivity index (χ3n) is 4.54. The van der Waals surface area contributed by atoms with E-state index in [2.05, 4.69) is 35.9 Å². The summed E-state index contributed by atoms with van der Waals surface area (Å²) in [6.45, 7) is 3.04. The molecule has 0 amide bonds. The summed E-state index contributed by atoms with van der Waals surface area (Å²) >= 11 is 0. The Labute approximate surface area is 150 Å². The van der Waals surface area contributed by atoms with Crippen molar-refractivity contribution in [3.05, 3.63) is 35.5 Å². The van der Waals surface area contributed by atoms with Gasteiger partial charge in [-0.3, -0.25) is 0 Å². The zero-order valence-electron chi connectivity index (χ0n) is 14.5. The molecule has 3 unspecified atom stereocenters. The maximum absolute atomic E-state index is 9.77. The minimum Gasteiger partial charge on any atom is -0.479 e. The van der Waals surface area contributed by atoms with Crippen LogP contribution in [0.4, 0.5) is 0 Å². The second-order valence-electron chi connectivity index (χ2n) is 6.37. The second-order valence-corrected chi connectivity index (χ2v) is 6.37. The molecular formula is C18H24N2O6. The molecule has 2 heterocycles. The molecule has 6 N–H and O–H groups in total. The van der Waals surface area contributed by atoms with Gasteiger partial charge in [-0.15, -0.1) is 0 Å². The molecule has 0 aliphatic carbocycles. The van der Waals surface area contributed by atoms with E-state index in [1.54, 1.807) is 0 Å². The fourth-order valence-electron chi connectivity index (χ4n) is 3.14. The van der Waals surface area contributed by atoms with Crippen molar-refractivity contribution in [3.63, 3.8) is 0 Å². The Balaban J connectivity index is 0.000000213. The summed E-state index contributed by atoms with van der Waals surface area (Å²) in [6, 6.07) is 7.30. The predicted octanol–water partition coefficient (Wildman–Crippen LogP) is 0.527. The number of carbonyl (C=O) groups is 2. The van der Waals surface area contributed by atoms with Gasteiger partial charge in [0.2, 0.25) is 0 Å². The average Bonchev–Trinajstić information content (AvgIpc) is 2.98. The number of benzene rings is 1. The first kappa shape index (κ1) is 19.9. The van der Waals surface area contributed by atoms with Crippen LogP contribution in [-0.2, 0) is 22.4 Å². The number of carboxylic acid groups (broad SMARTS) is 2. The lowest BCUT2D eigenvalue weighted by Crippen LogP contribution is -2.39. The highest BCUT2D eigenvalue weighted by Crippen LogP contribution is 2.34. The number of aliphatic hydroxyl groups is 2. The van der Waals surface area contributed by atoms with Crippen LogP contribution in [0.2, 0.25) is 0 Å². The number of para-hydroxylation sites is 1. The van der Waals surface area contributed by atoms with E-state index >= 15 is 0 Å². The number of rotatable bonds is 5. The molecule has 0 saturated heterocycles. The summed E-state index contributed by atoms with van der Waals surface area (Å²) in [4.78, 5) is 19.5. The highest BCUT2D eigenvalue weighted by atomic mass is 16.4. The lowest BCUT2D eigenvalue weighted by atomic mass is 9.99. The van der Waals surface area contributed by atoms with E-state index in [0.717, 1.165) is 13.0 Å². The van der Waals surface area contributed by atoms with E-state index in [1.807, 2.05) is 0 Å². The molecule has 0 fully saturated rings. The van der Waals surface area contributed by atoms with Crippen molar-refractivity contribution in [1.29, 1.82) is 0 Å². The highest BCUT2D eigenvalue weighted by Gasteiger charge is 2.29. The predicted molar refractivity (Wildman–Crippen MR) is 95.0 cm³/mol. The van der Waals surface area contributed by atoms with Gasteiger partial charge in [0.1, 0.15) is 0 Å². The SMILES string of the molecule is CC1CCc2cccc3c(CCN)cn1c23.O=C(O)C(O)C(O)C(=O)O. The van der Waals surface area contributed by atoms with Crippen LogP contribution < -0.4 is 5.73 Å². The largest absolute Gasteiger partial charge is 0.479 e. The van der Waals surface area contributed by atoms with Gasteiger partial charge in [-0.25, -0.2) is 9.59 Å². The molecule has 1 aromatic heterocycles. The smallest absolute Gasteiger partial charge is 0.335 e. The van der Waals surface area contributed by atoms with Gasteiger partial charge in [0, 0.05) is 17.6 Å². The average molecular weight is 364 g/mol. The molecule has 1 aromatic carbocycles. The van der Waals surface area contributed by atoms with Gasteiger partial charge in [0.25, 0.3) is 0 Å². The zero-order chi connectivity index (χ0) is 19.4. The number of aliphatic hydroxyl groups excluding tert-OH is 2.